The van der Waals surface area contributed by atoms with E-state index in [9.17, 15) is 19.8 Å². The molecule has 2 aliphatic heterocycles. The number of piperidine rings is 2. The Morgan fingerprint density at radius 3 is 2.31 bits per heavy atom. The maximum Gasteiger partial charge on any atom is 0.320 e. The molecule has 6 fully saturated rings. The van der Waals surface area contributed by atoms with Gasteiger partial charge in [-0.1, -0.05) is 30.3 Å². The summed E-state index contributed by atoms with van der Waals surface area (Å²) in [5.74, 6) is 1.31. The van der Waals surface area contributed by atoms with Gasteiger partial charge in [0.2, 0.25) is 5.91 Å². The molecule has 7 nitrogen and oxygen atoms in total. The standard InChI is InChI=1S/C28H39N3O4/c32-24-20-13-19-14-21(24)17-27(15-19,16-20)25(33)29-23-7-4-10-31(18-23)26(34)30-11-8-28(35,9-12-30)22-5-2-1-3-6-22/h1-3,5-6,19-21,23-24,32,35H,4,7-18H2,(H,29,33). The normalized spacial score (nSPS) is 37.8. The minimum atomic E-state index is -0.873. The van der Waals surface area contributed by atoms with Crippen LogP contribution in [0.4, 0.5) is 4.79 Å². The van der Waals surface area contributed by atoms with Crippen molar-refractivity contribution >= 4 is 11.9 Å². The summed E-state index contributed by atoms with van der Waals surface area (Å²) in [4.78, 5) is 30.6. The van der Waals surface area contributed by atoms with Crippen molar-refractivity contribution in [3.05, 3.63) is 35.9 Å². The number of likely N-dealkylation sites (tertiary alicyclic amines) is 2. The largest absolute Gasteiger partial charge is 0.393 e. The van der Waals surface area contributed by atoms with E-state index in [4.69, 9.17) is 0 Å². The number of urea groups is 1. The lowest BCUT2D eigenvalue weighted by Crippen LogP contribution is -2.61. The Morgan fingerprint density at radius 1 is 0.943 bits per heavy atom. The van der Waals surface area contributed by atoms with Crippen molar-refractivity contribution in [2.75, 3.05) is 26.2 Å². The van der Waals surface area contributed by atoms with Crippen molar-refractivity contribution in [2.45, 2.75) is 75.5 Å². The van der Waals surface area contributed by atoms with E-state index >= 15 is 0 Å². The van der Waals surface area contributed by atoms with Gasteiger partial charge in [-0.2, -0.15) is 0 Å². The second-order valence-electron chi connectivity index (χ2n) is 12.2. The highest BCUT2D eigenvalue weighted by Crippen LogP contribution is 2.60. The van der Waals surface area contributed by atoms with Crippen LogP contribution in [0, 0.1) is 23.2 Å². The van der Waals surface area contributed by atoms with Crippen molar-refractivity contribution in [1.29, 1.82) is 0 Å². The minimum absolute atomic E-state index is 0.0100. The van der Waals surface area contributed by atoms with Crippen molar-refractivity contribution < 1.29 is 19.8 Å². The molecule has 7 rings (SSSR count). The maximum absolute atomic E-state index is 13.5. The van der Waals surface area contributed by atoms with Gasteiger partial charge in [-0.15, -0.1) is 0 Å². The molecular weight excluding hydrogens is 442 g/mol. The van der Waals surface area contributed by atoms with Crippen LogP contribution in [0.15, 0.2) is 30.3 Å². The summed E-state index contributed by atoms with van der Waals surface area (Å²) in [6.45, 7) is 2.34. The fourth-order valence-electron chi connectivity index (χ4n) is 8.19. The average Bonchev–Trinajstić information content (AvgIpc) is 2.87. The van der Waals surface area contributed by atoms with Crippen LogP contribution < -0.4 is 5.32 Å². The van der Waals surface area contributed by atoms with Gasteiger partial charge in [-0.3, -0.25) is 4.79 Å². The highest BCUT2D eigenvalue weighted by atomic mass is 16.3. The Hall–Kier alpha value is -2.12. The van der Waals surface area contributed by atoms with E-state index in [1.54, 1.807) is 0 Å². The summed E-state index contributed by atoms with van der Waals surface area (Å²) in [6, 6.07) is 9.77. The van der Waals surface area contributed by atoms with Crippen molar-refractivity contribution in [1.82, 2.24) is 15.1 Å². The van der Waals surface area contributed by atoms with E-state index in [0.29, 0.717) is 44.9 Å². The number of aliphatic hydroxyl groups is 2. The molecule has 0 aromatic heterocycles. The maximum atomic E-state index is 13.5. The lowest BCUT2D eigenvalue weighted by atomic mass is 9.48. The fourth-order valence-corrected chi connectivity index (χ4v) is 8.19. The number of carbonyl (C=O) groups is 2. The van der Waals surface area contributed by atoms with Crippen LogP contribution in [0.3, 0.4) is 0 Å². The van der Waals surface area contributed by atoms with E-state index < -0.39 is 5.60 Å². The third-order valence-corrected chi connectivity index (χ3v) is 9.90. The first-order valence-corrected chi connectivity index (χ1v) is 13.7. The topological polar surface area (TPSA) is 93.1 Å². The molecule has 1 aromatic carbocycles. The molecule has 1 aromatic rings. The zero-order valence-electron chi connectivity index (χ0n) is 20.6. The van der Waals surface area contributed by atoms with E-state index in [1.807, 2.05) is 40.1 Å². The van der Waals surface area contributed by atoms with Gasteiger partial charge in [0.1, 0.15) is 0 Å². The predicted octanol–water partition coefficient (Wildman–Crippen LogP) is 2.86. The van der Waals surface area contributed by atoms with Crippen LogP contribution in [-0.4, -0.2) is 70.3 Å². The Labute approximate surface area is 207 Å². The third-order valence-electron chi connectivity index (χ3n) is 9.90. The number of nitrogens with one attached hydrogen (secondary N) is 1. The molecule has 0 radical (unpaired) electrons. The lowest BCUT2D eigenvalue weighted by molar-refractivity contribution is -0.164. The first-order chi connectivity index (χ1) is 16.9. The zero-order chi connectivity index (χ0) is 24.2. The monoisotopic (exact) mass is 481 g/mol. The van der Waals surface area contributed by atoms with Crippen molar-refractivity contribution in [3.8, 4) is 0 Å². The molecule has 0 spiro atoms. The minimum Gasteiger partial charge on any atom is -0.393 e. The molecule has 2 saturated heterocycles. The first kappa shape index (κ1) is 23.3. The number of hydrogen-bond donors (Lipinski definition) is 3. The molecule has 2 heterocycles. The Morgan fingerprint density at radius 2 is 1.63 bits per heavy atom. The number of nitrogens with zero attached hydrogens (tertiary/aromatic N) is 2. The second-order valence-corrected chi connectivity index (χ2v) is 12.2. The highest BCUT2D eigenvalue weighted by Gasteiger charge is 2.58. The SMILES string of the molecule is O=C(N1CCC(O)(c2ccccc2)CC1)N1CCCC(NC(=O)C23CC4CC(C2)C(O)C(C4)C3)C1. The third kappa shape index (κ3) is 4.14. The quantitative estimate of drug-likeness (QED) is 0.619. The summed E-state index contributed by atoms with van der Waals surface area (Å²) in [6.07, 6.45) is 7.40. The molecule has 190 valence electrons. The summed E-state index contributed by atoms with van der Waals surface area (Å²) in [7, 11) is 0. The van der Waals surface area contributed by atoms with Crippen LogP contribution in [0.5, 0.6) is 0 Å². The van der Waals surface area contributed by atoms with Crippen LogP contribution >= 0.6 is 0 Å². The predicted molar refractivity (Wildman–Crippen MR) is 131 cm³/mol. The molecule has 7 heteroatoms. The number of carbonyl (C=O) groups excluding carboxylic acids is 2. The van der Waals surface area contributed by atoms with Gasteiger partial charge in [-0.05, 0) is 81.1 Å². The molecule has 3 amide bonds. The molecule has 3 N–H and O–H groups in total. The van der Waals surface area contributed by atoms with Gasteiger partial charge in [-0.25, -0.2) is 4.79 Å². The molecule has 3 unspecified atom stereocenters. The van der Waals surface area contributed by atoms with Gasteiger partial charge < -0.3 is 25.3 Å². The molecular formula is C28H39N3O4. The first-order valence-electron chi connectivity index (χ1n) is 13.7. The van der Waals surface area contributed by atoms with E-state index in [0.717, 1.165) is 50.5 Å². The molecule has 3 atom stereocenters. The average molecular weight is 482 g/mol. The lowest BCUT2D eigenvalue weighted by Gasteiger charge is -2.58. The van der Waals surface area contributed by atoms with E-state index in [2.05, 4.69) is 5.32 Å². The zero-order valence-corrected chi connectivity index (χ0v) is 20.6. The van der Waals surface area contributed by atoms with Crippen LogP contribution in [0.25, 0.3) is 0 Å². The number of amides is 3. The number of aliphatic hydroxyl groups excluding tert-OH is 1. The summed E-state index contributed by atoms with van der Waals surface area (Å²) in [5, 5.41) is 25.0. The number of benzene rings is 1. The van der Waals surface area contributed by atoms with Crippen molar-refractivity contribution in [3.63, 3.8) is 0 Å². The molecule has 4 saturated carbocycles. The van der Waals surface area contributed by atoms with Gasteiger partial charge >= 0.3 is 6.03 Å². The van der Waals surface area contributed by atoms with Gasteiger partial charge in [0.15, 0.2) is 0 Å². The van der Waals surface area contributed by atoms with E-state index in [1.165, 1.54) is 0 Å². The Kier molecular flexibility index (Phi) is 5.83. The van der Waals surface area contributed by atoms with E-state index in [-0.39, 0.29) is 41.3 Å². The van der Waals surface area contributed by atoms with Crippen molar-refractivity contribution in [2.24, 2.45) is 23.2 Å². The Bertz CT molecular complexity index is 944. The Balaban J connectivity index is 1.05. The molecule has 35 heavy (non-hydrogen) atoms. The number of hydrogen-bond acceptors (Lipinski definition) is 4. The molecule has 4 bridgehead atoms. The molecule has 4 aliphatic carbocycles. The second kappa shape index (κ2) is 8.77. The van der Waals surface area contributed by atoms with Gasteiger partial charge in [0, 0.05) is 32.2 Å². The molecule has 6 aliphatic rings. The van der Waals surface area contributed by atoms with Crippen LogP contribution in [0.2, 0.25) is 0 Å². The van der Waals surface area contributed by atoms with Crippen LogP contribution in [-0.2, 0) is 10.4 Å². The fraction of sp³-hybridized carbons (Fsp3) is 0.714. The summed E-state index contributed by atoms with van der Waals surface area (Å²) < 4.78 is 0. The van der Waals surface area contributed by atoms with Gasteiger partial charge in [0.05, 0.1) is 17.1 Å². The summed E-state index contributed by atoms with van der Waals surface area (Å²) >= 11 is 0. The number of rotatable bonds is 3. The summed E-state index contributed by atoms with van der Waals surface area (Å²) in [5.41, 5.74) is -0.261. The smallest absolute Gasteiger partial charge is 0.320 e. The van der Waals surface area contributed by atoms with Crippen LogP contribution in [0.1, 0.15) is 63.4 Å². The van der Waals surface area contributed by atoms with Gasteiger partial charge in [0.25, 0.3) is 0 Å². The highest BCUT2D eigenvalue weighted by molar-refractivity contribution is 5.83.